The minimum Gasteiger partial charge on any atom is -0.327 e. The first kappa shape index (κ1) is 29.6. The normalized spacial score (nSPS) is 12.9. The van der Waals surface area contributed by atoms with Gasteiger partial charge in [-0.2, -0.15) is 0 Å². The van der Waals surface area contributed by atoms with Gasteiger partial charge in [-0.1, -0.05) is 91.6 Å². The molecule has 0 heterocycles. The minimum absolute atomic E-state index is 0.286. The summed E-state index contributed by atoms with van der Waals surface area (Å²) >= 11 is 0. The van der Waals surface area contributed by atoms with E-state index in [9.17, 15) is 0 Å². The molecule has 3 nitrogen and oxygen atoms in total. The van der Waals surface area contributed by atoms with Crippen LogP contribution in [0.5, 0.6) is 0 Å². The topological polar surface area (TPSA) is 27.7 Å². The lowest BCUT2D eigenvalue weighted by molar-refractivity contribution is -0.407. The lowest BCUT2D eigenvalue weighted by Crippen LogP contribution is -2.47. The second-order valence-corrected chi connectivity index (χ2v) is 8.68. The highest BCUT2D eigenvalue weighted by Crippen LogP contribution is 2.35. The van der Waals surface area contributed by atoms with E-state index in [1.807, 2.05) is 6.08 Å². The first-order chi connectivity index (χ1) is 14.7. The molecule has 0 N–H and O–H groups in total. The molecule has 0 aromatic carbocycles. The van der Waals surface area contributed by atoms with E-state index >= 15 is 0 Å². The molecule has 0 aliphatic rings. The van der Waals surface area contributed by atoms with E-state index in [1.54, 1.807) is 0 Å². The van der Waals surface area contributed by atoms with Gasteiger partial charge >= 0.3 is 0 Å². The molecule has 0 saturated heterocycles. The van der Waals surface area contributed by atoms with E-state index in [1.165, 1.54) is 38.5 Å². The summed E-state index contributed by atoms with van der Waals surface area (Å²) in [7, 11) is 0. The number of hydrogen-bond acceptors (Lipinski definition) is 3. The van der Waals surface area contributed by atoms with E-state index in [0.29, 0.717) is 19.8 Å². The molecule has 30 heavy (non-hydrogen) atoms. The molecule has 0 amide bonds. The average Bonchev–Trinajstić information content (AvgIpc) is 2.75. The molecule has 0 unspecified atom stereocenters. The zero-order valence-electron chi connectivity index (χ0n) is 21.0. The van der Waals surface area contributed by atoms with Gasteiger partial charge in [0.1, 0.15) is 0 Å². The average molecular weight is 427 g/mol. The van der Waals surface area contributed by atoms with Gasteiger partial charge in [0.25, 0.3) is 5.97 Å². The lowest BCUT2D eigenvalue weighted by atomic mass is 9.92. The molecule has 0 aromatic rings. The van der Waals surface area contributed by atoms with Gasteiger partial charge in [0, 0.05) is 5.92 Å². The molecule has 0 rings (SSSR count). The molecule has 0 aromatic heterocycles. The van der Waals surface area contributed by atoms with Gasteiger partial charge in [-0.05, 0) is 44.9 Å². The third-order valence-corrected chi connectivity index (χ3v) is 5.77. The Bertz CT molecular complexity index is 329. The second-order valence-electron chi connectivity index (χ2n) is 8.68. The summed E-state index contributed by atoms with van der Waals surface area (Å²) in [4.78, 5) is 0. The molecule has 0 radical (unpaired) electrons. The molecule has 3 heteroatoms. The monoisotopic (exact) mass is 426 g/mol. The van der Waals surface area contributed by atoms with Gasteiger partial charge in [0.05, 0.1) is 19.8 Å². The molecule has 1 atom stereocenters. The molecule has 0 bridgehead atoms. The van der Waals surface area contributed by atoms with Gasteiger partial charge < -0.3 is 14.2 Å². The van der Waals surface area contributed by atoms with Crippen LogP contribution in [0.25, 0.3) is 0 Å². The second kappa shape index (κ2) is 21.8. The van der Waals surface area contributed by atoms with Crippen molar-refractivity contribution in [3.63, 3.8) is 0 Å². The van der Waals surface area contributed by atoms with Crippen molar-refractivity contribution in [1.82, 2.24) is 0 Å². The zero-order valence-corrected chi connectivity index (χ0v) is 21.0. The van der Waals surface area contributed by atoms with E-state index in [-0.39, 0.29) is 5.92 Å². The number of allylic oxidation sites excluding steroid dienone is 1. The van der Waals surface area contributed by atoms with E-state index < -0.39 is 5.97 Å². The Labute approximate surface area is 189 Å². The highest BCUT2D eigenvalue weighted by atomic mass is 16.9. The van der Waals surface area contributed by atoms with Crippen LogP contribution < -0.4 is 0 Å². The summed E-state index contributed by atoms with van der Waals surface area (Å²) in [5.41, 5.74) is 0. The summed E-state index contributed by atoms with van der Waals surface area (Å²) in [6.45, 7) is 14.9. The summed E-state index contributed by atoms with van der Waals surface area (Å²) in [5.74, 6) is -0.585. The fourth-order valence-electron chi connectivity index (χ4n) is 3.73. The van der Waals surface area contributed by atoms with Gasteiger partial charge in [0.2, 0.25) is 0 Å². The van der Waals surface area contributed by atoms with Crippen LogP contribution in [0.2, 0.25) is 0 Å². The molecule has 180 valence electrons. The number of hydrogen-bond donors (Lipinski definition) is 0. The van der Waals surface area contributed by atoms with Crippen molar-refractivity contribution in [2.75, 3.05) is 19.8 Å². The van der Waals surface area contributed by atoms with Gasteiger partial charge in [-0.3, -0.25) is 0 Å². The lowest BCUT2D eigenvalue weighted by Gasteiger charge is -2.40. The highest BCUT2D eigenvalue weighted by Gasteiger charge is 2.42. The van der Waals surface area contributed by atoms with E-state index in [0.717, 1.165) is 64.2 Å². The molecule has 0 fully saturated rings. The molecule has 0 spiro atoms. The smallest absolute Gasteiger partial charge is 0.285 e. The first-order valence-electron chi connectivity index (χ1n) is 13.2. The largest absolute Gasteiger partial charge is 0.327 e. The minimum atomic E-state index is -0.871. The number of unbranched alkanes of at least 4 members (excludes halogenated alkanes) is 9. The van der Waals surface area contributed by atoms with Gasteiger partial charge in [-0.25, -0.2) is 0 Å². The predicted molar refractivity (Wildman–Crippen MR) is 131 cm³/mol. The van der Waals surface area contributed by atoms with Crippen LogP contribution in [0.4, 0.5) is 0 Å². The Hall–Kier alpha value is -0.380. The maximum absolute atomic E-state index is 6.48. The molecular formula is C27H54O3. The van der Waals surface area contributed by atoms with Gasteiger partial charge in [-0.15, -0.1) is 6.58 Å². The Morgan fingerprint density at radius 2 is 1.03 bits per heavy atom. The standard InChI is InChI=1S/C27H54O3/c1-6-11-16-17-18-20-22-26(21-19-12-7-2)27(28-23-13-8-3,29-24-14-9-4)30-25-15-10-5/h7,26H,2,6,8-25H2,1,3-5H3/t26-/m0/s1. The Morgan fingerprint density at radius 1 is 0.600 bits per heavy atom. The molecule has 0 saturated carbocycles. The molecular weight excluding hydrogens is 372 g/mol. The maximum Gasteiger partial charge on any atom is 0.285 e. The Morgan fingerprint density at radius 3 is 1.50 bits per heavy atom. The van der Waals surface area contributed by atoms with Crippen molar-refractivity contribution in [3.05, 3.63) is 12.7 Å². The van der Waals surface area contributed by atoms with Crippen molar-refractivity contribution in [1.29, 1.82) is 0 Å². The fourth-order valence-corrected chi connectivity index (χ4v) is 3.73. The maximum atomic E-state index is 6.48. The van der Waals surface area contributed by atoms with Crippen LogP contribution in [-0.2, 0) is 14.2 Å². The molecule has 0 aliphatic heterocycles. The summed E-state index contributed by atoms with van der Waals surface area (Å²) in [6, 6.07) is 0. The summed E-state index contributed by atoms with van der Waals surface area (Å²) < 4.78 is 19.4. The first-order valence-corrected chi connectivity index (χ1v) is 13.2. The SMILES string of the molecule is C=CCCC[C@@H](CCCCCCCC)C(OCCCC)(OCCCC)OCCCC. The summed E-state index contributed by atoms with van der Waals surface area (Å²) in [6.07, 6.45) is 20.8. The van der Waals surface area contributed by atoms with Crippen LogP contribution in [-0.4, -0.2) is 25.8 Å². The van der Waals surface area contributed by atoms with Crippen molar-refractivity contribution in [3.8, 4) is 0 Å². The predicted octanol–water partition coefficient (Wildman–Crippen LogP) is 8.81. The third kappa shape index (κ3) is 14.6. The zero-order chi connectivity index (χ0) is 22.3. The summed E-state index contributed by atoms with van der Waals surface area (Å²) in [5, 5.41) is 0. The van der Waals surface area contributed by atoms with Crippen LogP contribution in [0.3, 0.4) is 0 Å². The van der Waals surface area contributed by atoms with E-state index in [4.69, 9.17) is 14.2 Å². The van der Waals surface area contributed by atoms with E-state index in [2.05, 4.69) is 34.3 Å². The van der Waals surface area contributed by atoms with Crippen molar-refractivity contribution < 1.29 is 14.2 Å². The quantitative estimate of drug-likeness (QED) is 0.0876. The third-order valence-electron chi connectivity index (χ3n) is 5.77. The molecule has 0 aliphatic carbocycles. The van der Waals surface area contributed by atoms with Crippen molar-refractivity contribution >= 4 is 0 Å². The van der Waals surface area contributed by atoms with Gasteiger partial charge in [0.15, 0.2) is 0 Å². The highest BCUT2D eigenvalue weighted by molar-refractivity contribution is 4.76. The number of rotatable bonds is 24. The van der Waals surface area contributed by atoms with Crippen LogP contribution in [0.1, 0.15) is 130 Å². The van der Waals surface area contributed by atoms with Crippen molar-refractivity contribution in [2.45, 2.75) is 136 Å². The Balaban J connectivity index is 5.27. The Kier molecular flexibility index (Phi) is 21.6. The fraction of sp³-hybridized carbons (Fsp3) is 0.926. The number of ether oxygens (including phenoxy) is 3. The van der Waals surface area contributed by atoms with Crippen molar-refractivity contribution in [2.24, 2.45) is 5.92 Å². The van der Waals surface area contributed by atoms with Crippen LogP contribution in [0, 0.1) is 5.92 Å². The van der Waals surface area contributed by atoms with Crippen LogP contribution >= 0.6 is 0 Å². The van der Waals surface area contributed by atoms with Crippen LogP contribution in [0.15, 0.2) is 12.7 Å².